The van der Waals surface area contributed by atoms with Gasteiger partial charge in [-0.25, -0.2) is 4.39 Å². The molecule has 1 saturated heterocycles. The second-order valence-electron chi connectivity index (χ2n) is 6.43. The molecule has 0 atom stereocenters. The zero-order chi connectivity index (χ0) is 15.9. The molecular weight excluding hydrogens is 298 g/mol. The summed E-state index contributed by atoms with van der Waals surface area (Å²) >= 11 is 0. The van der Waals surface area contributed by atoms with Crippen LogP contribution < -0.4 is 9.92 Å². The molecule has 0 aromatic heterocycles. The minimum Gasteiger partial charge on any atom is -0.491 e. The van der Waals surface area contributed by atoms with E-state index in [0.29, 0.717) is 11.8 Å². The normalized spacial score (nSPS) is 21.8. The minimum atomic E-state index is -1.34. The van der Waals surface area contributed by atoms with Crippen molar-refractivity contribution >= 4 is 14.0 Å². The summed E-state index contributed by atoms with van der Waals surface area (Å²) in [6.45, 7) is 4.36. The van der Waals surface area contributed by atoms with Gasteiger partial charge in [-0.15, -0.1) is 0 Å². The number of hydrogen-bond acceptors (Lipinski definition) is 1. The van der Waals surface area contributed by atoms with E-state index in [9.17, 15) is 8.78 Å². The van der Waals surface area contributed by atoms with E-state index in [1.807, 2.05) is 0 Å². The molecule has 0 spiro atoms. The summed E-state index contributed by atoms with van der Waals surface area (Å²) in [5.41, 5.74) is 0. The zero-order valence-electron chi connectivity index (χ0n) is 13.8. The molecule has 124 valence electrons. The molecular formula is C18H28F2OSi. The molecule has 0 bridgehead atoms. The Hall–Kier alpha value is -0.903. The highest BCUT2D eigenvalue weighted by molar-refractivity contribution is 6.73. The Morgan fingerprint density at radius 2 is 1.82 bits per heavy atom. The molecule has 1 nitrogen and oxygen atoms in total. The Bertz CT molecular complexity index is 470. The zero-order valence-corrected chi connectivity index (χ0v) is 15.0. The SMILES string of the molecule is CCCCCC1CC[SiH](c2ccc(OCC)c(F)c2F)CC1. The smallest absolute Gasteiger partial charge is 0.200 e. The van der Waals surface area contributed by atoms with Crippen LogP contribution in [-0.2, 0) is 0 Å². The predicted octanol–water partition coefficient (Wildman–Crippen LogP) is 4.79. The van der Waals surface area contributed by atoms with Crippen molar-refractivity contribution in [3.63, 3.8) is 0 Å². The van der Waals surface area contributed by atoms with Gasteiger partial charge in [0.1, 0.15) is 0 Å². The van der Waals surface area contributed by atoms with Gasteiger partial charge in [0.15, 0.2) is 17.4 Å². The predicted molar refractivity (Wildman–Crippen MR) is 90.8 cm³/mol. The summed E-state index contributed by atoms with van der Waals surface area (Å²) in [6, 6.07) is 5.61. The van der Waals surface area contributed by atoms with E-state index >= 15 is 0 Å². The van der Waals surface area contributed by atoms with Gasteiger partial charge < -0.3 is 4.74 Å². The Balaban J connectivity index is 1.95. The van der Waals surface area contributed by atoms with Crippen LogP contribution in [0.1, 0.15) is 52.4 Å². The van der Waals surface area contributed by atoms with Gasteiger partial charge in [-0.3, -0.25) is 0 Å². The summed E-state index contributed by atoms with van der Waals surface area (Å²) in [5, 5.41) is 0.674. The summed E-state index contributed by atoms with van der Waals surface area (Å²) in [4.78, 5) is 0. The Kier molecular flexibility index (Phi) is 6.87. The molecule has 0 radical (unpaired) electrons. The van der Waals surface area contributed by atoms with E-state index in [4.69, 9.17) is 4.74 Å². The van der Waals surface area contributed by atoms with Crippen LogP contribution in [0.5, 0.6) is 5.75 Å². The van der Waals surface area contributed by atoms with Gasteiger partial charge in [0.05, 0.1) is 15.4 Å². The summed E-state index contributed by atoms with van der Waals surface area (Å²) in [5.74, 6) is -0.583. The average molecular weight is 327 g/mol. The van der Waals surface area contributed by atoms with Gasteiger partial charge >= 0.3 is 0 Å². The minimum absolute atomic E-state index is 0.0472. The van der Waals surface area contributed by atoms with E-state index in [1.54, 1.807) is 19.1 Å². The lowest BCUT2D eigenvalue weighted by Crippen LogP contribution is -2.36. The molecule has 0 saturated carbocycles. The van der Waals surface area contributed by atoms with Crippen LogP contribution in [0.15, 0.2) is 12.1 Å². The summed E-state index contributed by atoms with van der Waals surface area (Å²) in [6.07, 6.45) is 7.62. The van der Waals surface area contributed by atoms with E-state index < -0.39 is 20.4 Å². The first-order valence-electron chi connectivity index (χ1n) is 8.78. The fourth-order valence-electron chi connectivity index (χ4n) is 3.57. The molecule has 1 heterocycles. The van der Waals surface area contributed by atoms with Gasteiger partial charge in [-0.05, 0) is 24.1 Å². The van der Waals surface area contributed by atoms with Crippen molar-refractivity contribution in [3.05, 3.63) is 23.8 Å². The lowest BCUT2D eigenvalue weighted by Gasteiger charge is -2.28. The molecule has 1 fully saturated rings. The molecule has 2 rings (SSSR count). The van der Waals surface area contributed by atoms with Gasteiger partial charge in [-0.1, -0.05) is 63.6 Å². The van der Waals surface area contributed by atoms with Crippen molar-refractivity contribution < 1.29 is 13.5 Å². The first-order valence-corrected chi connectivity index (χ1v) is 11.0. The third kappa shape index (κ3) is 4.31. The number of unbranched alkanes of at least 4 members (excludes halogenated alkanes) is 2. The second kappa shape index (κ2) is 8.66. The third-order valence-corrected chi connectivity index (χ3v) is 8.27. The average Bonchev–Trinajstić information content (AvgIpc) is 2.53. The Morgan fingerprint density at radius 3 is 2.45 bits per heavy atom. The van der Waals surface area contributed by atoms with Crippen LogP contribution in [-0.4, -0.2) is 15.4 Å². The lowest BCUT2D eigenvalue weighted by molar-refractivity contribution is 0.314. The van der Waals surface area contributed by atoms with E-state index in [1.165, 1.54) is 38.5 Å². The highest BCUT2D eigenvalue weighted by atomic mass is 28.3. The van der Waals surface area contributed by atoms with Gasteiger partial charge in [-0.2, -0.15) is 4.39 Å². The van der Waals surface area contributed by atoms with Crippen LogP contribution in [0, 0.1) is 17.6 Å². The second-order valence-corrected chi connectivity index (χ2v) is 9.60. The molecule has 1 aliphatic heterocycles. The summed E-state index contributed by atoms with van der Waals surface area (Å²) < 4.78 is 33.4. The fraction of sp³-hybridized carbons (Fsp3) is 0.667. The standard InChI is InChI=1S/C18H28F2OSi/c1-3-5-6-7-14-10-12-22(13-11-14)16-9-8-15(21-4-2)17(19)18(16)20/h8-9,14,22H,3-7,10-13H2,1-2H3. The van der Waals surface area contributed by atoms with Crippen LogP contribution in [0.4, 0.5) is 8.78 Å². The lowest BCUT2D eigenvalue weighted by atomic mass is 9.96. The van der Waals surface area contributed by atoms with Crippen molar-refractivity contribution in [2.75, 3.05) is 6.61 Å². The first kappa shape index (κ1) is 17.5. The molecule has 0 N–H and O–H groups in total. The van der Waals surface area contributed by atoms with E-state index in [2.05, 4.69) is 6.92 Å². The molecule has 1 aliphatic rings. The van der Waals surface area contributed by atoms with E-state index in [-0.39, 0.29) is 5.75 Å². The maximum atomic E-state index is 14.3. The molecule has 22 heavy (non-hydrogen) atoms. The quantitative estimate of drug-likeness (QED) is 0.517. The van der Waals surface area contributed by atoms with Crippen molar-refractivity contribution in [2.24, 2.45) is 5.92 Å². The van der Waals surface area contributed by atoms with Crippen molar-refractivity contribution in [1.82, 2.24) is 0 Å². The highest BCUT2D eigenvalue weighted by Crippen LogP contribution is 2.30. The monoisotopic (exact) mass is 326 g/mol. The van der Waals surface area contributed by atoms with Crippen molar-refractivity contribution in [1.29, 1.82) is 0 Å². The van der Waals surface area contributed by atoms with Gasteiger partial charge in [0.2, 0.25) is 0 Å². The Morgan fingerprint density at radius 1 is 1.09 bits per heavy atom. The van der Waals surface area contributed by atoms with Crippen LogP contribution in [0.25, 0.3) is 0 Å². The molecule has 0 aliphatic carbocycles. The van der Waals surface area contributed by atoms with Gasteiger partial charge in [0, 0.05) is 0 Å². The largest absolute Gasteiger partial charge is 0.491 e. The highest BCUT2D eigenvalue weighted by Gasteiger charge is 2.27. The maximum Gasteiger partial charge on any atom is 0.200 e. The van der Waals surface area contributed by atoms with E-state index in [0.717, 1.165) is 18.0 Å². The van der Waals surface area contributed by atoms with Gasteiger partial charge in [0.25, 0.3) is 0 Å². The number of rotatable bonds is 7. The summed E-state index contributed by atoms with van der Waals surface area (Å²) in [7, 11) is -1.34. The number of halogens is 2. The number of ether oxygens (including phenoxy) is 1. The fourth-order valence-corrected chi connectivity index (χ4v) is 7.09. The molecule has 1 aromatic rings. The van der Waals surface area contributed by atoms with Crippen molar-refractivity contribution in [3.8, 4) is 5.75 Å². The number of benzene rings is 1. The first-order chi connectivity index (χ1) is 10.7. The third-order valence-electron chi connectivity index (χ3n) is 4.88. The van der Waals surface area contributed by atoms with Crippen molar-refractivity contribution in [2.45, 2.75) is 64.5 Å². The molecule has 0 amide bonds. The molecule has 0 unspecified atom stereocenters. The molecule has 1 aromatic carbocycles. The topological polar surface area (TPSA) is 9.23 Å². The molecule has 4 heteroatoms. The van der Waals surface area contributed by atoms with Crippen LogP contribution in [0.2, 0.25) is 12.1 Å². The van der Waals surface area contributed by atoms with Crippen LogP contribution in [0.3, 0.4) is 0 Å². The number of hydrogen-bond donors (Lipinski definition) is 0. The Labute approximate surface area is 134 Å². The maximum absolute atomic E-state index is 14.3. The van der Waals surface area contributed by atoms with Crippen LogP contribution >= 0.6 is 0 Å².